The number of β-amino-alcohol motifs (C(OH)–C–C–N with tert-alkyl or cyclic N) is 1. The summed E-state index contributed by atoms with van der Waals surface area (Å²) in [7, 11) is -3.70. The van der Waals surface area contributed by atoms with Gasteiger partial charge < -0.3 is 15.3 Å². The maximum atomic E-state index is 12.9. The summed E-state index contributed by atoms with van der Waals surface area (Å²) in [5.74, 6) is 1.14. The lowest BCUT2D eigenvalue weighted by atomic mass is 10.2. The minimum Gasteiger partial charge on any atom is -0.391 e. The van der Waals surface area contributed by atoms with Crippen LogP contribution in [0.5, 0.6) is 0 Å². The van der Waals surface area contributed by atoms with E-state index in [0.717, 1.165) is 18.5 Å². The summed E-state index contributed by atoms with van der Waals surface area (Å²) in [6.07, 6.45) is 4.50. The summed E-state index contributed by atoms with van der Waals surface area (Å²) < 4.78 is 28.5. The van der Waals surface area contributed by atoms with Gasteiger partial charge in [-0.15, -0.1) is 0 Å². The predicted octanol–water partition coefficient (Wildman–Crippen LogP) is 0.621. The van der Waals surface area contributed by atoms with E-state index >= 15 is 0 Å². The van der Waals surface area contributed by atoms with Crippen molar-refractivity contribution in [3.63, 3.8) is 0 Å². The molecule has 3 fully saturated rings. The molecule has 0 unspecified atom stereocenters. The number of aliphatic hydroxyl groups is 1. The van der Waals surface area contributed by atoms with Crippen molar-refractivity contribution in [3.05, 3.63) is 30.1 Å². The first-order chi connectivity index (χ1) is 15.9. The summed E-state index contributed by atoms with van der Waals surface area (Å²) in [5.41, 5.74) is 1.67. The highest BCUT2D eigenvalue weighted by Gasteiger charge is 2.42. The summed E-state index contributed by atoms with van der Waals surface area (Å²) in [4.78, 5) is 23.6. The van der Waals surface area contributed by atoms with Gasteiger partial charge in [-0.3, -0.25) is 19.0 Å². The molecule has 2 aliphatic carbocycles. The molecule has 2 saturated carbocycles. The summed E-state index contributed by atoms with van der Waals surface area (Å²) in [6, 6.07) is 4.68. The van der Waals surface area contributed by atoms with Crippen LogP contribution in [0.1, 0.15) is 43.7 Å². The lowest BCUT2D eigenvalue weighted by molar-refractivity contribution is -0.120. The molecule has 3 aromatic heterocycles. The second-order valence-corrected chi connectivity index (χ2v) is 10.9. The molecule has 0 radical (unpaired) electrons. The van der Waals surface area contributed by atoms with Crippen molar-refractivity contribution in [2.24, 2.45) is 0 Å². The summed E-state index contributed by atoms with van der Waals surface area (Å²) in [6.45, 7) is 0.117. The van der Waals surface area contributed by atoms with Gasteiger partial charge in [-0.05, 0) is 37.8 Å². The SMILES string of the molecule is O=C(NS(=O)(=O)C1CC1)[C@@H]1C[C@H](O)CN1c1nc(Nc2cc(C3CC3)[nH]n2)n2cccc2n1. The standard InChI is InChI=1S/C20H24N8O4S/c29-12-8-15(18(30)26-33(31,32)13-5-6-13)28(10-12)20-22-17-2-1-7-27(17)19(23-20)21-16-9-14(24-25-16)11-3-4-11/h1-2,7,9,11-13,15,29H,3-6,8,10H2,(H,26,30)(H2,21,22,23,24,25)/t12-,15-/m0/s1. The number of carbonyl (C=O) groups is 1. The lowest BCUT2D eigenvalue weighted by Gasteiger charge is -2.24. The average Bonchev–Trinajstić information content (AvgIpc) is 3.68. The van der Waals surface area contributed by atoms with Crippen LogP contribution in [-0.4, -0.2) is 67.9 Å². The quantitative estimate of drug-likeness (QED) is 0.387. The van der Waals surface area contributed by atoms with Gasteiger partial charge in [0.05, 0.1) is 11.4 Å². The highest BCUT2D eigenvalue weighted by Crippen LogP contribution is 2.39. The van der Waals surface area contributed by atoms with Gasteiger partial charge in [0, 0.05) is 36.8 Å². The molecule has 0 aromatic carbocycles. The van der Waals surface area contributed by atoms with Crippen molar-refractivity contribution in [2.45, 2.75) is 55.4 Å². The molecule has 3 aromatic rings. The van der Waals surface area contributed by atoms with Gasteiger partial charge >= 0.3 is 0 Å². The maximum Gasteiger partial charge on any atom is 0.256 e. The number of fused-ring (bicyclic) bond motifs is 1. The molecule has 4 heterocycles. The Bertz CT molecular complexity index is 1330. The van der Waals surface area contributed by atoms with Gasteiger partial charge in [0.1, 0.15) is 11.7 Å². The molecule has 0 spiro atoms. The van der Waals surface area contributed by atoms with Crippen LogP contribution < -0.4 is 14.9 Å². The van der Waals surface area contributed by atoms with Crippen molar-refractivity contribution in [1.29, 1.82) is 0 Å². The van der Waals surface area contributed by atoms with Crippen molar-refractivity contribution in [3.8, 4) is 0 Å². The first-order valence-electron chi connectivity index (χ1n) is 11.0. The zero-order chi connectivity index (χ0) is 22.7. The van der Waals surface area contributed by atoms with Crippen LogP contribution in [0.25, 0.3) is 5.65 Å². The van der Waals surface area contributed by atoms with Gasteiger partial charge in [0.2, 0.25) is 21.9 Å². The van der Waals surface area contributed by atoms with Gasteiger partial charge in [-0.25, -0.2) is 8.42 Å². The normalized spacial score (nSPS) is 23.2. The van der Waals surface area contributed by atoms with E-state index in [9.17, 15) is 18.3 Å². The van der Waals surface area contributed by atoms with Crippen LogP contribution in [0.15, 0.2) is 24.4 Å². The fourth-order valence-electron chi connectivity index (χ4n) is 4.21. The summed E-state index contributed by atoms with van der Waals surface area (Å²) >= 11 is 0. The zero-order valence-electron chi connectivity index (χ0n) is 17.7. The van der Waals surface area contributed by atoms with Crippen LogP contribution in [0, 0.1) is 0 Å². The molecule has 174 valence electrons. The Hall–Kier alpha value is -3.19. The van der Waals surface area contributed by atoms with Crippen molar-refractivity contribution in [1.82, 2.24) is 29.3 Å². The number of amides is 1. The monoisotopic (exact) mass is 472 g/mol. The Morgan fingerprint density at radius 2 is 2.03 bits per heavy atom. The average molecular weight is 473 g/mol. The van der Waals surface area contributed by atoms with E-state index in [2.05, 4.69) is 30.2 Å². The Kier molecular flexibility index (Phi) is 4.59. The van der Waals surface area contributed by atoms with E-state index in [1.807, 2.05) is 12.1 Å². The fourth-order valence-corrected chi connectivity index (χ4v) is 5.55. The van der Waals surface area contributed by atoms with Crippen LogP contribution in [0.2, 0.25) is 0 Å². The van der Waals surface area contributed by atoms with Gasteiger partial charge in [0.25, 0.3) is 5.91 Å². The molecule has 1 aliphatic heterocycles. The number of sulfonamides is 1. The molecule has 12 nitrogen and oxygen atoms in total. The van der Waals surface area contributed by atoms with Gasteiger partial charge in [-0.1, -0.05) is 0 Å². The Morgan fingerprint density at radius 3 is 2.79 bits per heavy atom. The second-order valence-electron chi connectivity index (χ2n) is 8.96. The number of nitrogens with one attached hydrogen (secondary N) is 3. The van der Waals surface area contributed by atoms with Gasteiger partial charge in [-0.2, -0.15) is 15.1 Å². The van der Waals surface area contributed by atoms with Gasteiger partial charge in [0.15, 0.2) is 5.82 Å². The van der Waals surface area contributed by atoms with E-state index in [0.29, 0.717) is 36.2 Å². The minimum absolute atomic E-state index is 0.0917. The number of aliphatic hydroxyl groups excluding tert-OH is 1. The van der Waals surface area contributed by atoms with Crippen molar-refractivity contribution < 1.29 is 18.3 Å². The molecule has 4 N–H and O–H groups in total. The van der Waals surface area contributed by atoms with Crippen LogP contribution in [0.4, 0.5) is 17.7 Å². The fraction of sp³-hybridized carbons (Fsp3) is 0.500. The molecule has 3 aliphatic rings. The first-order valence-corrected chi connectivity index (χ1v) is 12.6. The van der Waals surface area contributed by atoms with Crippen LogP contribution in [-0.2, 0) is 14.8 Å². The molecule has 13 heteroatoms. The zero-order valence-corrected chi connectivity index (χ0v) is 18.5. The molecule has 1 saturated heterocycles. The third-order valence-corrected chi connectivity index (χ3v) is 8.11. The predicted molar refractivity (Wildman–Crippen MR) is 119 cm³/mol. The molecule has 33 heavy (non-hydrogen) atoms. The molecular formula is C20H24N8O4S. The molecule has 0 bridgehead atoms. The molecule has 2 atom stereocenters. The van der Waals surface area contributed by atoms with Crippen LogP contribution in [0.3, 0.4) is 0 Å². The number of aromatic amines is 1. The number of aromatic nitrogens is 5. The van der Waals surface area contributed by atoms with Crippen molar-refractivity contribution >= 4 is 39.3 Å². The number of nitrogens with zero attached hydrogens (tertiary/aromatic N) is 5. The Morgan fingerprint density at radius 1 is 1.21 bits per heavy atom. The minimum atomic E-state index is -3.70. The third-order valence-electron chi connectivity index (χ3n) is 6.28. The first kappa shape index (κ1) is 20.4. The number of hydrogen-bond donors (Lipinski definition) is 4. The number of anilines is 3. The number of H-pyrrole nitrogens is 1. The van der Waals surface area contributed by atoms with E-state index in [1.165, 1.54) is 0 Å². The van der Waals surface area contributed by atoms with E-state index < -0.39 is 33.3 Å². The number of rotatable bonds is 7. The largest absolute Gasteiger partial charge is 0.391 e. The van der Waals surface area contributed by atoms with E-state index in [1.54, 1.807) is 21.6 Å². The van der Waals surface area contributed by atoms with Crippen LogP contribution >= 0.6 is 0 Å². The Labute approximate surface area is 189 Å². The summed E-state index contributed by atoms with van der Waals surface area (Å²) in [5, 5.41) is 20.3. The topological polar surface area (TPSA) is 158 Å². The maximum absolute atomic E-state index is 12.9. The number of carbonyl (C=O) groups excluding carboxylic acids is 1. The van der Waals surface area contributed by atoms with Crippen molar-refractivity contribution in [2.75, 3.05) is 16.8 Å². The highest BCUT2D eigenvalue weighted by atomic mass is 32.2. The highest BCUT2D eigenvalue weighted by molar-refractivity contribution is 7.90. The second kappa shape index (κ2) is 7.42. The lowest BCUT2D eigenvalue weighted by Crippen LogP contribution is -2.47. The number of hydrogen-bond acceptors (Lipinski definition) is 9. The molecule has 6 rings (SSSR count). The van der Waals surface area contributed by atoms with E-state index in [4.69, 9.17) is 0 Å². The smallest absolute Gasteiger partial charge is 0.256 e. The van der Waals surface area contributed by atoms with E-state index in [-0.39, 0.29) is 18.9 Å². The molecule has 1 amide bonds. The Balaban J connectivity index is 1.30. The third kappa shape index (κ3) is 3.91. The molecular weight excluding hydrogens is 448 g/mol.